The summed E-state index contributed by atoms with van der Waals surface area (Å²) in [5.41, 5.74) is -1.02. The average Bonchev–Trinajstić information content (AvgIpc) is 3.66. The van der Waals surface area contributed by atoms with Crippen LogP contribution in [0.3, 0.4) is 0 Å². The van der Waals surface area contributed by atoms with Crippen molar-refractivity contribution >= 4 is 42.2 Å². The molecule has 250 valence electrons. The first kappa shape index (κ1) is 33.7. The van der Waals surface area contributed by atoms with Gasteiger partial charge in [0.15, 0.2) is 6.29 Å². The summed E-state index contributed by atoms with van der Waals surface area (Å²) in [4.78, 5) is 43.9. The molecule has 3 saturated carbocycles. The van der Waals surface area contributed by atoms with E-state index < -0.39 is 40.8 Å². The van der Waals surface area contributed by atoms with E-state index in [1.165, 1.54) is 0 Å². The molecular weight excluding hydrogens is 629 g/mol. The SMILES string of the molecule is C=C(Cl)CN1C[C@H](OC[C@@]23C[C@@H]4[C@H](C)CC[C@H]4[C@]4(C=O)C[C@@H]2C=C(C(C)C)[C@@]34C(=O)OC2OC(=O)c3ccccc32)O[C@H](C)C1.Cl. The molecule has 4 bridgehead atoms. The van der Waals surface area contributed by atoms with Gasteiger partial charge in [0.1, 0.15) is 11.7 Å². The van der Waals surface area contributed by atoms with Crippen molar-refractivity contribution in [2.24, 2.45) is 45.8 Å². The molecule has 4 fully saturated rings. The monoisotopic (exact) mass is 673 g/mol. The molecule has 10 heteroatoms. The topological polar surface area (TPSA) is 91.4 Å². The lowest BCUT2D eigenvalue weighted by molar-refractivity contribution is -0.240. The summed E-state index contributed by atoms with van der Waals surface area (Å²) >= 11 is 6.17. The maximum absolute atomic E-state index is 15.2. The van der Waals surface area contributed by atoms with Gasteiger partial charge in [-0.3, -0.25) is 9.69 Å². The molecule has 8 nitrogen and oxygen atoms in total. The van der Waals surface area contributed by atoms with Crippen molar-refractivity contribution in [3.05, 3.63) is 58.7 Å². The van der Waals surface area contributed by atoms with Crippen molar-refractivity contribution in [2.75, 3.05) is 26.2 Å². The molecule has 10 atom stereocenters. The second kappa shape index (κ2) is 12.0. The van der Waals surface area contributed by atoms with E-state index in [9.17, 15) is 9.59 Å². The molecule has 46 heavy (non-hydrogen) atoms. The first-order valence-corrected chi connectivity index (χ1v) is 16.9. The van der Waals surface area contributed by atoms with Gasteiger partial charge in [0.2, 0.25) is 0 Å². The maximum atomic E-state index is 15.2. The Balaban J connectivity index is 0.00000372. The zero-order valence-electron chi connectivity index (χ0n) is 27.0. The molecule has 4 aliphatic carbocycles. The quantitative estimate of drug-likeness (QED) is 0.167. The second-order valence-corrected chi connectivity index (χ2v) is 15.3. The number of cyclic esters (lactones) is 1. The van der Waals surface area contributed by atoms with Gasteiger partial charge in [0, 0.05) is 35.6 Å². The lowest BCUT2D eigenvalue weighted by Gasteiger charge is -2.59. The first-order chi connectivity index (χ1) is 21.5. The summed E-state index contributed by atoms with van der Waals surface area (Å²) < 4.78 is 25.0. The highest BCUT2D eigenvalue weighted by Gasteiger charge is 2.85. The number of benzene rings is 1. The minimum atomic E-state index is -1.25. The van der Waals surface area contributed by atoms with Crippen LogP contribution in [0, 0.1) is 45.8 Å². The van der Waals surface area contributed by atoms with Crippen LogP contribution in [0.2, 0.25) is 0 Å². The molecule has 0 aromatic heterocycles. The summed E-state index contributed by atoms with van der Waals surface area (Å²) in [5, 5.41) is 0.557. The van der Waals surface area contributed by atoms with Crippen LogP contribution in [-0.2, 0) is 28.5 Å². The van der Waals surface area contributed by atoms with Gasteiger partial charge < -0.3 is 23.7 Å². The molecule has 2 aliphatic heterocycles. The molecule has 0 spiro atoms. The molecule has 1 aromatic carbocycles. The van der Waals surface area contributed by atoms with E-state index in [1.54, 1.807) is 24.3 Å². The highest BCUT2D eigenvalue weighted by molar-refractivity contribution is 6.29. The minimum absolute atomic E-state index is 0. The standard InChI is InChI=1S/C36H44ClNO7.ClH/c1-20(2)29-12-24-13-34(18-39)28-11-10-21(3)27(28)14-35(24,19-42-30-17-38(15-22(4)37)16-23(5)43-30)36(29,34)33(41)45-32-26-9-7-6-8-25(26)31(40)44-32;/h6-9,12,18,20-21,23-24,27-28,30,32H,4,10-11,13-17,19H2,1-3,5H3;1H/t21-,23-,24+,27-,28-,30-,32?,34-,35+,36+;/m1./s1. The fourth-order valence-electron chi connectivity index (χ4n) is 10.7. The van der Waals surface area contributed by atoms with Crippen molar-refractivity contribution < 1.29 is 33.3 Å². The van der Waals surface area contributed by atoms with E-state index in [2.05, 4.69) is 38.3 Å². The summed E-state index contributed by atoms with van der Waals surface area (Å²) in [6.45, 7) is 14.4. The van der Waals surface area contributed by atoms with E-state index in [0.717, 1.165) is 31.1 Å². The van der Waals surface area contributed by atoms with Gasteiger partial charge in [-0.15, -0.1) is 12.4 Å². The van der Waals surface area contributed by atoms with Gasteiger partial charge >= 0.3 is 11.9 Å². The van der Waals surface area contributed by atoms with Gasteiger partial charge in [0.25, 0.3) is 6.29 Å². The summed E-state index contributed by atoms with van der Waals surface area (Å²) in [5.74, 6) is -0.263. The lowest BCUT2D eigenvalue weighted by atomic mass is 9.43. The number of esters is 2. The van der Waals surface area contributed by atoms with Crippen LogP contribution in [0.15, 0.2) is 47.5 Å². The van der Waals surface area contributed by atoms with E-state index in [1.807, 2.05) is 6.92 Å². The number of carbonyl (C=O) groups is 3. The number of aldehydes is 1. The average molecular weight is 675 g/mol. The Morgan fingerprint density at radius 2 is 1.96 bits per heavy atom. The summed E-state index contributed by atoms with van der Waals surface area (Å²) in [6, 6.07) is 7.00. The molecule has 7 rings (SSSR count). The number of fused-ring (bicyclic) bond motifs is 3. The highest BCUT2D eigenvalue weighted by Crippen LogP contribution is 2.83. The lowest BCUT2D eigenvalue weighted by Crippen LogP contribution is -2.64. The molecular formula is C36H45Cl2NO7. The van der Waals surface area contributed by atoms with E-state index >= 15 is 4.79 Å². The Morgan fingerprint density at radius 1 is 1.20 bits per heavy atom. The number of morpholine rings is 1. The minimum Gasteiger partial charge on any atom is -0.420 e. The molecule has 6 aliphatic rings. The van der Waals surface area contributed by atoms with Crippen molar-refractivity contribution in [1.29, 1.82) is 0 Å². The third kappa shape index (κ3) is 4.61. The smallest absolute Gasteiger partial charge is 0.342 e. The van der Waals surface area contributed by atoms with Crippen LogP contribution in [-0.4, -0.2) is 61.8 Å². The number of allylic oxidation sites excluding steroid dienone is 1. The van der Waals surface area contributed by atoms with Crippen molar-refractivity contribution in [2.45, 2.75) is 72.1 Å². The number of halogens is 2. The van der Waals surface area contributed by atoms with Crippen LogP contribution in [0.4, 0.5) is 0 Å². The Bertz CT molecular complexity index is 1460. The van der Waals surface area contributed by atoms with E-state index in [4.69, 9.17) is 30.5 Å². The fraction of sp³-hybridized carbons (Fsp3) is 0.639. The molecule has 0 radical (unpaired) electrons. The van der Waals surface area contributed by atoms with Gasteiger partial charge in [-0.1, -0.05) is 75.2 Å². The Labute approximate surface area is 282 Å². The fourth-order valence-corrected chi connectivity index (χ4v) is 10.9. The van der Waals surface area contributed by atoms with E-state index in [0.29, 0.717) is 48.1 Å². The van der Waals surface area contributed by atoms with Crippen molar-refractivity contribution in [3.8, 4) is 0 Å². The molecule has 0 N–H and O–H groups in total. The largest absolute Gasteiger partial charge is 0.420 e. The molecule has 0 amide bonds. The number of nitrogens with zero attached hydrogens (tertiary/aromatic N) is 1. The Morgan fingerprint density at radius 3 is 2.67 bits per heavy atom. The molecule has 1 saturated heterocycles. The van der Waals surface area contributed by atoms with Gasteiger partial charge in [-0.25, -0.2) is 4.79 Å². The third-order valence-corrected chi connectivity index (χ3v) is 12.3. The zero-order valence-corrected chi connectivity index (χ0v) is 28.6. The zero-order chi connectivity index (χ0) is 31.9. The second-order valence-electron chi connectivity index (χ2n) is 14.8. The number of ether oxygens (including phenoxy) is 4. The third-order valence-electron chi connectivity index (χ3n) is 12.2. The van der Waals surface area contributed by atoms with Crippen LogP contribution in [0.1, 0.15) is 75.6 Å². The van der Waals surface area contributed by atoms with Crippen LogP contribution < -0.4 is 0 Å². The van der Waals surface area contributed by atoms with Crippen molar-refractivity contribution in [3.63, 3.8) is 0 Å². The van der Waals surface area contributed by atoms with Crippen LogP contribution in [0.25, 0.3) is 0 Å². The van der Waals surface area contributed by atoms with Crippen molar-refractivity contribution in [1.82, 2.24) is 4.90 Å². The number of hydrogen-bond acceptors (Lipinski definition) is 8. The van der Waals surface area contributed by atoms with Crippen LogP contribution >= 0.6 is 24.0 Å². The Hall–Kier alpha value is -2.23. The van der Waals surface area contributed by atoms with E-state index in [-0.39, 0.29) is 48.8 Å². The number of carbonyl (C=O) groups excluding carboxylic acids is 3. The maximum Gasteiger partial charge on any atom is 0.342 e. The summed E-state index contributed by atoms with van der Waals surface area (Å²) in [7, 11) is 0. The molecule has 1 aromatic rings. The van der Waals surface area contributed by atoms with Crippen LogP contribution in [0.5, 0.6) is 0 Å². The normalized spacial score (nSPS) is 40.5. The predicted molar refractivity (Wildman–Crippen MR) is 174 cm³/mol. The predicted octanol–water partition coefficient (Wildman–Crippen LogP) is 6.48. The number of rotatable bonds is 9. The van der Waals surface area contributed by atoms with Gasteiger partial charge in [-0.05, 0) is 61.8 Å². The first-order valence-electron chi connectivity index (χ1n) is 16.5. The number of hydrogen-bond donors (Lipinski definition) is 0. The Kier molecular flexibility index (Phi) is 8.80. The highest BCUT2D eigenvalue weighted by atomic mass is 35.5. The summed E-state index contributed by atoms with van der Waals surface area (Å²) in [6.07, 6.45) is 4.86. The van der Waals surface area contributed by atoms with Gasteiger partial charge in [0.05, 0.1) is 23.7 Å². The van der Waals surface area contributed by atoms with Gasteiger partial charge in [-0.2, -0.15) is 0 Å². The molecule has 2 heterocycles. The molecule has 1 unspecified atom stereocenters.